The zero-order valence-electron chi connectivity index (χ0n) is 12.2. The van der Waals surface area contributed by atoms with Crippen molar-refractivity contribution in [3.8, 4) is 0 Å². The fourth-order valence-electron chi connectivity index (χ4n) is 3.11. The van der Waals surface area contributed by atoms with Crippen LogP contribution >= 0.6 is 0 Å². The lowest BCUT2D eigenvalue weighted by molar-refractivity contribution is 0.291. The van der Waals surface area contributed by atoms with Gasteiger partial charge in [0.15, 0.2) is 0 Å². The minimum absolute atomic E-state index is 0.559. The van der Waals surface area contributed by atoms with Crippen molar-refractivity contribution < 1.29 is 0 Å². The van der Waals surface area contributed by atoms with Crippen LogP contribution in [0.4, 0.5) is 0 Å². The first kappa shape index (κ1) is 14.6. The van der Waals surface area contributed by atoms with E-state index in [0.717, 1.165) is 19.0 Å². The second-order valence-electron chi connectivity index (χ2n) is 6.07. The molecule has 1 unspecified atom stereocenters. The summed E-state index contributed by atoms with van der Waals surface area (Å²) in [5.41, 5.74) is 2.70. The quantitative estimate of drug-likeness (QED) is 0.302. The van der Waals surface area contributed by atoms with E-state index in [9.17, 15) is 0 Å². The molecule has 0 radical (unpaired) electrons. The molecule has 1 saturated carbocycles. The van der Waals surface area contributed by atoms with Crippen molar-refractivity contribution in [3.05, 3.63) is 0 Å². The fourth-order valence-corrected chi connectivity index (χ4v) is 3.11. The molecule has 1 aliphatic carbocycles. The largest absolute Gasteiger partial charge is 0.353 e. The SMILES string of the molecule is CC(CN=C(NN)NC1CCCC1)CN1CCCC1. The van der Waals surface area contributed by atoms with Gasteiger partial charge in [-0.1, -0.05) is 19.8 Å². The molecule has 19 heavy (non-hydrogen) atoms. The number of guanidine groups is 1. The minimum atomic E-state index is 0.559. The van der Waals surface area contributed by atoms with Crippen molar-refractivity contribution in [2.45, 2.75) is 51.5 Å². The van der Waals surface area contributed by atoms with Gasteiger partial charge < -0.3 is 10.2 Å². The van der Waals surface area contributed by atoms with E-state index in [0.29, 0.717) is 12.0 Å². The van der Waals surface area contributed by atoms with Gasteiger partial charge in [0.25, 0.3) is 0 Å². The first-order valence-electron chi connectivity index (χ1n) is 7.78. The Morgan fingerprint density at radius 3 is 2.58 bits per heavy atom. The van der Waals surface area contributed by atoms with Gasteiger partial charge >= 0.3 is 0 Å². The second-order valence-corrected chi connectivity index (χ2v) is 6.07. The topological polar surface area (TPSA) is 65.7 Å². The smallest absolute Gasteiger partial charge is 0.205 e. The van der Waals surface area contributed by atoms with Gasteiger partial charge in [-0.15, -0.1) is 0 Å². The molecule has 0 spiro atoms. The number of nitrogens with one attached hydrogen (secondary N) is 2. The Morgan fingerprint density at radius 2 is 1.95 bits per heavy atom. The molecule has 2 fully saturated rings. The van der Waals surface area contributed by atoms with Crippen molar-refractivity contribution in [1.29, 1.82) is 0 Å². The predicted octanol–water partition coefficient (Wildman–Crippen LogP) is 1.07. The van der Waals surface area contributed by atoms with Gasteiger partial charge in [0, 0.05) is 19.1 Å². The maximum absolute atomic E-state index is 5.55. The molecule has 0 aromatic rings. The number of hydrogen-bond donors (Lipinski definition) is 3. The summed E-state index contributed by atoms with van der Waals surface area (Å²) in [6.07, 6.45) is 7.83. The summed E-state index contributed by atoms with van der Waals surface area (Å²) in [4.78, 5) is 7.13. The summed E-state index contributed by atoms with van der Waals surface area (Å²) >= 11 is 0. The molecule has 0 aromatic carbocycles. The second kappa shape index (κ2) is 7.70. The first-order chi connectivity index (χ1) is 9.28. The van der Waals surface area contributed by atoms with Crippen LogP contribution < -0.4 is 16.6 Å². The molecule has 2 aliphatic rings. The summed E-state index contributed by atoms with van der Waals surface area (Å²) in [5, 5.41) is 3.41. The molecule has 1 atom stereocenters. The van der Waals surface area contributed by atoms with E-state index in [4.69, 9.17) is 5.84 Å². The minimum Gasteiger partial charge on any atom is -0.353 e. The van der Waals surface area contributed by atoms with E-state index in [1.165, 1.54) is 51.6 Å². The lowest BCUT2D eigenvalue weighted by atomic mass is 10.2. The Balaban J connectivity index is 1.70. The molecule has 5 nitrogen and oxygen atoms in total. The van der Waals surface area contributed by atoms with Crippen LogP contribution in [0.15, 0.2) is 4.99 Å². The van der Waals surface area contributed by atoms with Gasteiger partial charge in [-0.25, -0.2) is 5.84 Å². The highest BCUT2D eigenvalue weighted by Crippen LogP contribution is 2.17. The molecule has 1 heterocycles. The number of hydrazine groups is 1. The van der Waals surface area contributed by atoms with Crippen LogP contribution in [0, 0.1) is 5.92 Å². The Bertz CT molecular complexity index is 280. The van der Waals surface area contributed by atoms with E-state index >= 15 is 0 Å². The van der Waals surface area contributed by atoms with E-state index in [1.54, 1.807) is 0 Å². The lowest BCUT2D eigenvalue weighted by Gasteiger charge is -2.20. The number of nitrogens with two attached hydrogens (primary N) is 1. The molecule has 110 valence electrons. The summed E-state index contributed by atoms with van der Waals surface area (Å²) in [6.45, 7) is 6.79. The van der Waals surface area contributed by atoms with E-state index in [-0.39, 0.29) is 0 Å². The number of aliphatic imine (C=N–C) groups is 1. The van der Waals surface area contributed by atoms with Gasteiger partial charge in [-0.2, -0.15) is 0 Å². The van der Waals surface area contributed by atoms with Crippen molar-refractivity contribution in [2.24, 2.45) is 16.8 Å². The van der Waals surface area contributed by atoms with Crippen molar-refractivity contribution in [3.63, 3.8) is 0 Å². The Kier molecular flexibility index (Phi) is 5.92. The number of rotatable bonds is 5. The van der Waals surface area contributed by atoms with E-state index in [2.05, 4.69) is 27.6 Å². The third-order valence-electron chi connectivity index (χ3n) is 4.16. The Morgan fingerprint density at radius 1 is 1.26 bits per heavy atom. The van der Waals surface area contributed by atoms with Crippen LogP contribution in [0.3, 0.4) is 0 Å². The van der Waals surface area contributed by atoms with E-state index < -0.39 is 0 Å². The molecule has 5 heteroatoms. The first-order valence-corrected chi connectivity index (χ1v) is 7.78. The fraction of sp³-hybridized carbons (Fsp3) is 0.929. The van der Waals surface area contributed by atoms with Gasteiger partial charge in [0.1, 0.15) is 0 Å². The highest BCUT2D eigenvalue weighted by Gasteiger charge is 2.17. The standard InChI is InChI=1S/C14H29N5/c1-12(11-19-8-4-5-9-19)10-16-14(18-15)17-13-6-2-3-7-13/h12-13H,2-11,15H2,1H3,(H2,16,17,18). The third kappa shape index (κ3) is 4.99. The zero-order chi connectivity index (χ0) is 13.5. The number of hydrogen-bond acceptors (Lipinski definition) is 3. The average Bonchev–Trinajstić information content (AvgIpc) is 3.07. The molecule has 1 saturated heterocycles. The third-order valence-corrected chi connectivity index (χ3v) is 4.16. The van der Waals surface area contributed by atoms with Crippen LogP contribution in [-0.4, -0.2) is 43.1 Å². The van der Waals surface area contributed by atoms with Crippen LogP contribution in [-0.2, 0) is 0 Å². The van der Waals surface area contributed by atoms with Crippen molar-refractivity contribution in [1.82, 2.24) is 15.6 Å². The molecule has 1 aliphatic heterocycles. The lowest BCUT2D eigenvalue weighted by Crippen LogP contribution is -2.46. The highest BCUT2D eigenvalue weighted by molar-refractivity contribution is 5.79. The van der Waals surface area contributed by atoms with Gasteiger partial charge in [0.2, 0.25) is 5.96 Å². The molecule has 0 bridgehead atoms. The molecular formula is C14H29N5. The van der Waals surface area contributed by atoms with Crippen LogP contribution in [0.5, 0.6) is 0 Å². The van der Waals surface area contributed by atoms with Crippen LogP contribution in [0.25, 0.3) is 0 Å². The molecule has 2 rings (SSSR count). The summed E-state index contributed by atoms with van der Waals surface area (Å²) in [5.74, 6) is 6.90. The van der Waals surface area contributed by atoms with Crippen molar-refractivity contribution in [2.75, 3.05) is 26.2 Å². The molecule has 4 N–H and O–H groups in total. The van der Waals surface area contributed by atoms with E-state index in [1.807, 2.05) is 0 Å². The summed E-state index contributed by atoms with van der Waals surface area (Å²) in [6, 6.07) is 0.559. The maximum Gasteiger partial charge on any atom is 0.205 e. The molecular weight excluding hydrogens is 238 g/mol. The number of likely N-dealkylation sites (tertiary alicyclic amines) is 1. The Labute approximate surface area is 117 Å². The molecule has 0 amide bonds. The number of nitrogens with zero attached hydrogens (tertiary/aromatic N) is 2. The predicted molar refractivity (Wildman–Crippen MR) is 79.9 cm³/mol. The van der Waals surface area contributed by atoms with Crippen molar-refractivity contribution >= 4 is 5.96 Å². The summed E-state index contributed by atoms with van der Waals surface area (Å²) < 4.78 is 0. The zero-order valence-corrected chi connectivity index (χ0v) is 12.2. The van der Waals surface area contributed by atoms with Gasteiger partial charge in [-0.3, -0.25) is 10.4 Å². The van der Waals surface area contributed by atoms with Crippen LogP contribution in [0.2, 0.25) is 0 Å². The van der Waals surface area contributed by atoms with Crippen LogP contribution in [0.1, 0.15) is 45.4 Å². The highest BCUT2D eigenvalue weighted by atomic mass is 15.3. The average molecular weight is 267 g/mol. The Hall–Kier alpha value is -0.810. The molecule has 0 aromatic heterocycles. The normalized spacial score (nSPS) is 23.8. The van der Waals surface area contributed by atoms with Gasteiger partial charge in [0.05, 0.1) is 0 Å². The monoisotopic (exact) mass is 267 g/mol. The summed E-state index contributed by atoms with van der Waals surface area (Å²) in [7, 11) is 0. The maximum atomic E-state index is 5.55. The van der Waals surface area contributed by atoms with Gasteiger partial charge in [-0.05, 0) is 44.7 Å².